The standard InChI is InChI=1S/C36H48N2O5/c1-8-13-28(5)25-43-36(42-23-22-27(4)15-12-14-26(2)3)34(41-7)31-20-19-30(24-32(31)38(6)35(36)40)37-33(39)21-18-29-16-10-9-11-17-29/h9-11,14,16-22,24,28,34H,8,12-13,15,23,25H2,1-7H3,(H,37,39). The topological polar surface area (TPSA) is 77.1 Å². The van der Waals surface area contributed by atoms with Crippen molar-refractivity contribution < 1.29 is 23.8 Å². The molecule has 0 aromatic heterocycles. The molecule has 1 heterocycles. The van der Waals surface area contributed by atoms with Crippen molar-refractivity contribution in [1.82, 2.24) is 0 Å². The van der Waals surface area contributed by atoms with Crippen LogP contribution >= 0.6 is 0 Å². The van der Waals surface area contributed by atoms with Crippen molar-refractivity contribution in [2.75, 3.05) is 37.6 Å². The molecule has 7 nitrogen and oxygen atoms in total. The molecule has 0 spiro atoms. The Hall–Kier alpha value is -3.52. The zero-order valence-corrected chi connectivity index (χ0v) is 26.8. The summed E-state index contributed by atoms with van der Waals surface area (Å²) in [6, 6.07) is 15.1. The number of nitrogens with zero attached hydrogens (tertiary/aromatic N) is 1. The van der Waals surface area contributed by atoms with Crippen molar-refractivity contribution in [3.8, 4) is 0 Å². The second-order valence-corrected chi connectivity index (χ2v) is 11.5. The molecule has 2 amide bonds. The number of anilines is 2. The number of benzene rings is 2. The summed E-state index contributed by atoms with van der Waals surface area (Å²) >= 11 is 0. The van der Waals surface area contributed by atoms with Gasteiger partial charge in [-0.15, -0.1) is 0 Å². The van der Waals surface area contributed by atoms with Crippen LogP contribution in [0.4, 0.5) is 11.4 Å². The number of methoxy groups -OCH3 is 1. The minimum absolute atomic E-state index is 0.208. The van der Waals surface area contributed by atoms with Crippen LogP contribution in [0, 0.1) is 5.92 Å². The number of nitrogens with one attached hydrogen (secondary N) is 1. The maximum atomic E-state index is 14.1. The van der Waals surface area contributed by atoms with Crippen molar-refractivity contribution in [2.24, 2.45) is 5.92 Å². The molecule has 3 atom stereocenters. The molecule has 1 aliphatic rings. The highest BCUT2D eigenvalue weighted by Gasteiger charge is 2.56. The van der Waals surface area contributed by atoms with Crippen LogP contribution in [0.3, 0.4) is 0 Å². The molecule has 0 saturated carbocycles. The Labute approximate surface area is 257 Å². The summed E-state index contributed by atoms with van der Waals surface area (Å²) in [5, 5.41) is 2.90. The molecular weight excluding hydrogens is 540 g/mol. The Morgan fingerprint density at radius 3 is 2.51 bits per heavy atom. The highest BCUT2D eigenvalue weighted by molar-refractivity contribution is 6.05. The molecule has 1 N–H and O–H groups in total. The van der Waals surface area contributed by atoms with Crippen LogP contribution in [0.5, 0.6) is 0 Å². The normalized spacial score (nSPS) is 19.3. The van der Waals surface area contributed by atoms with E-state index in [2.05, 4.69) is 46.0 Å². The lowest BCUT2D eigenvalue weighted by molar-refractivity contribution is -0.274. The van der Waals surface area contributed by atoms with Crippen molar-refractivity contribution in [1.29, 1.82) is 0 Å². The van der Waals surface area contributed by atoms with Crippen LogP contribution in [0.15, 0.2) is 77.9 Å². The smallest absolute Gasteiger partial charge is 0.290 e. The van der Waals surface area contributed by atoms with Gasteiger partial charge in [-0.2, -0.15) is 0 Å². The quantitative estimate of drug-likeness (QED) is 0.130. The molecule has 0 aliphatic carbocycles. The molecule has 1 aliphatic heterocycles. The number of hydrogen-bond donors (Lipinski definition) is 1. The van der Waals surface area contributed by atoms with Gasteiger partial charge in [-0.05, 0) is 69.7 Å². The summed E-state index contributed by atoms with van der Waals surface area (Å²) < 4.78 is 18.8. The first-order valence-corrected chi connectivity index (χ1v) is 15.2. The van der Waals surface area contributed by atoms with Crippen LogP contribution in [0.2, 0.25) is 0 Å². The van der Waals surface area contributed by atoms with E-state index in [0.29, 0.717) is 18.0 Å². The molecule has 232 valence electrons. The minimum atomic E-state index is -1.65. The highest BCUT2D eigenvalue weighted by Crippen LogP contribution is 2.45. The van der Waals surface area contributed by atoms with E-state index in [0.717, 1.165) is 36.8 Å². The fourth-order valence-corrected chi connectivity index (χ4v) is 5.15. The molecule has 0 radical (unpaired) electrons. The van der Waals surface area contributed by atoms with E-state index < -0.39 is 11.9 Å². The first-order valence-electron chi connectivity index (χ1n) is 15.2. The fraction of sp³-hybridized carbons (Fsp3) is 0.444. The Kier molecular flexibility index (Phi) is 12.9. The van der Waals surface area contributed by atoms with E-state index in [-0.39, 0.29) is 24.3 Å². The van der Waals surface area contributed by atoms with E-state index in [1.807, 2.05) is 42.5 Å². The van der Waals surface area contributed by atoms with Gasteiger partial charge in [-0.1, -0.05) is 80.0 Å². The Balaban J connectivity index is 1.88. The maximum Gasteiger partial charge on any atom is 0.290 e. The third-order valence-electron chi connectivity index (χ3n) is 7.54. The molecule has 43 heavy (non-hydrogen) atoms. The van der Waals surface area contributed by atoms with Gasteiger partial charge in [0.05, 0.1) is 18.9 Å². The van der Waals surface area contributed by atoms with Gasteiger partial charge in [-0.3, -0.25) is 9.59 Å². The number of amides is 2. The number of likely N-dealkylation sites (N-methyl/N-ethyl adjacent to an activating group) is 1. The zero-order chi connectivity index (χ0) is 31.4. The first-order chi connectivity index (χ1) is 20.6. The van der Waals surface area contributed by atoms with Crippen molar-refractivity contribution in [3.05, 3.63) is 89.0 Å². The molecule has 3 rings (SSSR count). The largest absolute Gasteiger partial charge is 0.370 e. The maximum absolute atomic E-state index is 14.1. The summed E-state index contributed by atoms with van der Waals surface area (Å²) in [5.74, 6) is -2.03. The number of fused-ring (bicyclic) bond motifs is 1. The van der Waals surface area contributed by atoms with Crippen LogP contribution in [-0.2, 0) is 23.8 Å². The van der Waals surface area contributed by atoms with Crippen LogP contribution in [0.1, 0.15) is 77.5 Å². The number of ether oxygens (including phenoxy) is 3. The van der Waals surface area contributed by atoms with Crippen LogP contribution < -0.4 is 10.2 Å². The first kappa shape index (κ1) is 34.0. The lowest BCUT2D eigenvalue weighted by Gasteiger charge is -2.45. The highest BCUT2D eigenvalue weighted by atomic mass is 16.7. The lowest BCUT2D eigenvalue weighted by Crippen LogP contribution is -2.59. The summed E-state index contributed by atoms with van der Waals surface area (Å²) in [6.07, 6.45) is 10.5. The summed E-state index contributed by atoms with van der Waals surface area (Å²) in [5.41, 5.74) is 5.34. The molecular formula is C36H48N2O5. The van der Waals surface area contributed by atoms with E-state index in [1.165, 1.54) is 22.1 Å². The predicted molar refractivity (Wildman–Crippen MR) is 175 cm³/mol. The molecule has 7 heteroatoms. The number of hydrogen-bond acceptors (Lipinski definition) is 5. The number of carbonyl (C=O) groups is 2. The second kappa shape index (κ2) is 16.4. The van der Waals surface area contributed by atoms with Crippen molar-refractivity contribution in [3.63, 3.8) is 0 Å². The van der Waals surface area contributed by atoms with Gasteiger partial charge in [-0.25, -0.2) is 0 Å². The minimum Gasteiger partial charge on any atom is -0.370 e. The number of rotatable bonds is 15. The van der Waals surface area contributed by atoms with Crippen LogP contribution in [0.25, 0.3) is 6.08 Å². The molecule has 0 bridgehead atoms. The van der Waals surface area contributed by atoms with Crippen LogP contribution in [-0.4, -0.2) is 45.0 Å². The Morgan fingerprint density at radius 1 is 1.09 bits per heavy atom. The van der Waals surface area contributed by atoms with Gasteiger partial charge in [0, 0.05) is 31.5 Å². The van der Waals surface area contributed by atoms with Gasteiger partial charge in [0.2, 0.25) is 5.91 Å². The fourth-order valence-electron chi connectivity index (χ4n) is 5.15. The average molecular weight is 589 g/mol. The van der Waals surface area contributed by atoms with Gasteiger partial charge in [0.1, 0.15) is 6.10 Å². The van der Waals surface area contributed by atoms with Crippen molar-refractivity contribution >= 4 is 29.3 Å². The second-order valence-electron chi connectivity index (χ2n) is 11.5. The predicted octanol–water partition coefficient (Wildman–Crippen LogP) is 7.86. The molecule has 3 unspecified atom stereocenters. The zero-order valence-electron chi connectivity index (χ0n) is 26.8. The third kappa shape index (κ3) is 9.23. The summed E-state index contributed by atoms with van der Waals surface area (Å²) in [4.78, 5) is 28.3. The average Bonchev–Trinajstić information content (AvgIpc) is 2.98. The Morgan fingerprint density at radius 2 is 1.84 bits per heavy atom. The van der Waals surface area contributed by atoms with E-state index in [4.69, 9.17) is 14.2 Å². The van der Waals surface area contributed by atoms with Gasteiger partial charge in [0.25, 0.3) is 11.7 Å². The number of carbonyl (C=O) groups excluding carboxylic acids is 2. The molecule has 2 aromatic rings. The van der Waals surface area contributed by atoms with E-state index >= 15 is 0 Å². The molecule has 2 aromatic carbocycles. The monoisotopic (exact) mass is 588 g/mol. The summed E-state index contributed by atoms with van der Waals surface area (Å²) in [7, 11) is 3.26. The van der Waals surface area contributed by atoms with Gasteiger partial charge in [0.15, 0.2) is 0 Å². The molecule has 0 fully saturated rings. The third-order valence-corrected chi connectivity index (χ3v) is 7.54. The lowest BCUT2D eigenvalue weighted by atomic mass is 9.92. The molecule has 0 saturated heterocycles. The van der Waals surface area contributed by atoms with Gasteiger partial charge >= 0.3 is 0 Å². The van der Waals surface area contributed by atoms with Gasteiger partial charge < -0.3 is 24.4 Å². The SMILES string of the molecule is CCCC(C)COC1(OCC=C(C)CCC=C(C)C)C(=O)N(C)c2cc(NC(=O)C=Cc3ccccc3)ccc2C1OC. The van der Waals surface area contributed by atoms with E-state index in [9.17, 15) is 9.59 Å². The van der Waals surface area contributed by atoms with Crippen molar-refractivity contribution in [2.45, 2.75) is 72.2 Å². The number of allylic oxidation sites excluding steroid dienone is 3. The van der Waals surface area contributed by atoms with E-state index in [1.54, 1.807) is 32.4 Å². The Bertz CT molecular complexity index is 1310. The summed E-state index contributed by atoms with van der Waals surface area (Å²) in [6.45, 7) is 11.1.